The van der Waals surface area contributed by atoms with Crippen LogP contribution in [0.4, 0.5) is 0 Å². The molecule has 0 saturated carbocycles. The summed E-state index contributed by atoms with van der Waals surface area (Å²) in [6.07, 6.45) is 1.90. The monoisotopic (exact) mass is 323 g/mol. The van der Waals surface area contributed by atoms with Gasteiger partial charge in [-0.25, -0.2) is 0 Å². The Morgan fingerprint density at radius 2 is 1.75 bits per heavy atom. The Bertz CT molecular complexity index is 754. The maximum Gasteiger partial charge on any atom is 0.308 e. The lowest BCUT2D eigenvalue weighted by atomic mass is 9.99. The summed E-state index contributed by atoms with van der Waals surface area (Å²) in [6.45, 7) is 2.83. The molecule has 0 aromatic heterocycles. The lowest BCUT2D eigenvalue weighted by molar-refractivity contribution is -0.132. The first-order valence-electron chi connectivity index (χ1n) is 8.24. The Balaban J connectivity index is 1.62. The highest BCUT2D eigenvalue weighted by Crippen LogP contribution is 2.22. The molecule has 0 fully saturated rings. The number of hydrogen-bond donors (Lipinski definition) is 0. The van der Waals surface area contributed by atoms with Crippen molar-refractivity contribution in [3.8, 4) is 5.75 Å². The number of para-hydroxylation sites is 1. The van der Waals surface area contributed by atoms with Crippen molar-refractivity contribution in [3.63, 3.8) is 0 Å². The lowest BCUT2D eigenvalue weighted by Crippen LogP contribution is -2.36. The number of nitrogens with zero attached hydrogens (tertiary/aromatic N) is 1. The fraction of sp³-hybridized carbons (Fsp3) is 0.300. The zero-order valence-electron chi connectivity index (χ0n) is 13.8. The summed E-state index contributed by atoms with van der Waals surface area (Å²) in [5.41, 5.74) is 3.46. The molecule has 3 rings (SSSR count). The molecular formula is C20H21NO3. The number of carbonyl (C=O) groups excluding carboxylic acids is 2. The van der Waals surface area contributed by atoms with Crippen molar-refractivity contribution >= 4 is 11.9 Å². The van der Waals surface area contributed by atoms with Crippen LogP contribution >= 0.6 is 0 Å². The van der Waals surface area contributed by atoms with E-state index >= 15 is 0 Å². The SMILES string of the molecule is CC(=O)Oc1ccccc1CCC(=O)N1CCc2ccccc2C1. The van der Waals surface area contributed by atoms with Gasteiger partial charge in [0, 0.05) is 26.4 Å². The molecule has 2 aromatic rings. The maximum atomic E-state index is 12.5. The van der Waals surface area contributed by atoms with Crippen LogP contribution in [0.25, 0.3) is 0 Å². The van der Waals surface area contributed by atoms with E-state index in [0.717, 1.165) is 18.5 Å². The number of hydrogen-bond acceptors (Lipinski definition) is 3. The Hall–Kier alpha value is -2.62. The molecule has 0 unspecified atom stereocenters. The molecule has 0 spiro atoms. The van der Waals surface area contributed by atoms with Crippen molar-refractivity contribution in [2.75, 3.05) is 6.54 Å². The number of benzene rings is 2. The highest BCUT2D eigenvalue weighted by atomic mass is 16.5. The molecule has 0 bridgehead atoms. The Kier molecular flexibility index (Phi) is 4.94. The van der Waals surface area contributed by atoms with Crippen molar-refractivity contribution in [1.29, 1.82) is 0 Å². The summed E-state index contributed by atoms with van der Waals surface area (Å²) in [6, 6.07) is 15.7. The van der Waals surface area contributed by atoms with Gasteiger partial charge in [0.15, 0.2) is 0 Å². The average molecular weight is 323 g/mol. The van der Waals surface area contributed by atoms with E-state index in [1.165, 1.54) is 18.1 Å². The fourth-order valence-corrected chi connectivity index (χ4v) is 3.07. The summed E-state index contributed by atoms with van der Waals surface area (Å²) >= 11 is 0. The van der Waals surface area contributed by atoms with Crippen molar-refractivity contribution in [2.24, 2.45) is 0 Å². The molecule has 1 amide bonds. The van der Waals surface area contributed by atoms with Gasteiger partial charge in [0.1, 0.15) is 5.75 Å². The van der Waals surface area contributed by atoms with Gasteiger partial charge < -0.3 is 9.64 Å². The molecule has 0 saturated heterocycles. The largest absolute Gasteiger partial charge is 0.426 e. The minimum absolute atomic E-state index is 0.141. The molecule has 0 atom stereocenters. The summed E-state index contributed by atoms with van der Waals surface area (Å²) in [7, 11) is 0. The van der Waals surface area contributed by atoms with E-state index in [1.54, 1.807) is 6.07 Å². The van der Waals surface area contributed by atoms with Gasteiger partial charge in [-0.05, 0) is 35.6 Å². The number of esters is 1. The number of carbonyl (C=O) groups is 2. The summed E-state index contributed by atoms with van der Waals surface area (Å²) in [4.78, 5) is 25.6. The Morgan fingerprint density at radius 1 is 1.04 bits per heavy atom. The first-order chi connectivity index (χ1) is 11.6. The standard InChI is InChI=1S/C20H21NO3/c1-15(22)24-19-9-5-4-7-17(19)10-11-20(23)21-13-12-16-6-2-3-8-18(16)14-21/h2-9H,10-14H2,1H3. The number of fused-ring (bicyclic) bond motifs is 1. The van der Waals surface area contributed by atoms with Crippen molar-refractivity contribution in [3.05, 3.63) is 65.2 Å². The quantitative estimate of drug-likeness (QED) is 0.641. The van der Waals surface area contributed by atoms with E-state index in [-0.39, 0.29) is 11.9 Å². The van der Waals surface area contributed by atoms with Crippen LogP contribution in [0.1, 0.15) is 30.0 Å². The molecule has 124 valence electrons. The molecule has 0 N–H and O–H groups in total. The third kappa shape index (κ3) is 3.82. The predicted octanol–water partition coefficient (Wildman–Crippen LogP) is 3.13. The molecular weight excluding hydrogens is 302 g/mol. The molecule has 1 aliphatic rings. The third-order valence-electron chi connectivity index (χ3n) is 4.32. The van der Waals surface area contributed by atoms with Gasteiger partial charge in [-0.2, -0.15) is 0 Å². The molecule has 0 radical (unpaired) electrons. The number of rotatable bonds is 4. The van der Waals surface area contributed by atoms with Crippen LogP contribution in [0.2, 0.25) is 0 Å². The van der Waals surface area contributed by atoms with Gasteiger partial charge in [-0.15, -0.1) is 0 Å². The van der Waals surface area contributed by atoms with Crippen LogP contribution < -0.4 is 4.74 Å². The van der Waals surface area contributed by atoms with E-state index in [0.29, 0.717) is 25.1 Å². The Morgan fingerprint density at radius 3 is 2.54 bits per heavy atom. The second-order valence-electron chi connectivity index (χ2n) is 6.04. The van der Waals surface area contributed by atoms with Crippen LogP contribution in [0.15, 0.2) is 48.5 Å². The van der Waals surface area contributed by atoms with Gasteiger partial charge in [0.05, 0.1) is 0 Å². The highest BCUT2D eigenvalue weighted by Gasteiger charge is 2.20. The van der Waals surface area contributed by atoms with Gasteiger partial charge >= 0.3 is 5.97 Å². The molecule has 0 aliphatic carbocycles. The maximum absolute atomic E-state index is 12.5. The molecule has 1 heterocycles. The van der Waals surface area contributed by atoms with E-state index < -0.39 is 0 Å². The van der Waals surface area contributed by atoms with E-state index in [1.807, 2.05) is 35.2 Å². The summed E-state index contributed by atoms with van der Waals surface area (Å²) < 4.78 is 5.21. The lowest BCUT2D eigenvalue weighted by Gasteiger charge is -2.29. The van der Waals surface area contributed by atoms with Crippen LogP contribution in [0.5, 0.6) is 5.75 Å². The molecule has 1 aliphatic heterocycles. The topological polar surface area (TPSA) is 46.6 Å². The van der Waals surface area contributed by atoms with Crippen LogP contribution in [0, 0.1) is 0 Å². The molecule has 24 heavy (non-hydrogen) atoms. The zero-order chi connectivity index (χ0) is 16.9. The first kappa shape index (κ1) is 16.2. The van der Waals surface area contributed by atoms with Crippen molar-refractivity contribution in [1.82, 2.24) is 4.90 Å². The minimum atomic E-state index is -0.346. The highest BCUT2D eigenvalue weighted by molar-refractivity contribution is 5.77. The smallest absolute Gasteiger partial charge is 0.308 e. The van der Waals surface area contributed by atoms with Crippen LogP contribution in [0.3, 0.4) is 0 Å². The predicted molar refractivity (Wildman–Crippen MR) is 91.6 cm³/mol. The van der Waals surface area contributed by atoms with E-state index in [4.69, 9.17) is 4.74 Å². The van der Waals surface area contributed by atoms with E-state index in [2.05, 4.69) is 12.1 Å². The van der Waals surface area contributed by atoms with Gasteiger partial charge in [-0.1, -0.05) is 42.5 Å². The second-order valence-corrected chi connectivity index (χ2v) is 6.04. The van der Waals surface area contributed by atoms with E-state index in [9.17, 15) is 9.59 Å². The third-order valence-corrected chi connectivity index (χ3v) is 4.32. The summed E-state index contributed by atoms with van der Waals surface area (Å²) in [5, 5.41) is 0. The van der Waals surface area contributed by atoms with Gasteiger partial charge in [0.2, 0.25) is 5.91 Å². The Labute approximate surface area is 142 Å². The van der Waals surface area contributed by atoms with Crippen LogP contribution in [-0.2, 0) is 29.0 Å². The number of ether oxygens (including phenoxy) is 1. The fourth-order valence-electron chi connectivity index (χ4n) is 3.07. The second kappa shape index (κ2) is 7.30. The van der Waals surface area contributed by atoms with Crippen molar-refractivity contribution < 1.29 is 14.3 Å². The average Bonchev–Trinajstić information content (AvgIpc) is 2.60. The molecule has 4 heteroatoms. The zero-order valence-corrected chi connectivity index (χ0v) is 13.8. The van der Waals surface area contributed by atoms with Gasteiger partial charge in [0.25, 0.3) is 0 Å². The van der Waals surface area contributed by atoms with Crippen molar-refractivity contribution in [2.45, 2.75) is 32.7 Å². The van der Waals surface area contributed by atoms with Crippen LogP contribution in [-0.4, -0.2) is 23.3 Å². The normalized spacial score (nSPS) is 13.3. The summed E-state index contributed by atoms with van der Waals surface area (Å²) in [5.74, 6) is 0.338. The number of amides is 1. The first-order valence-corrected chi connectivity index (χ1v) is 8.24. The van der Waals surface area contributed by atoms with Gasteiger partial charge in [-0.3, -0.25) is 9.59 Å². The minimum Gasteiger partial charge on any atom is -0.426 e. The number of aryl methyl sites for hydroxylation is 1. The molecule has 2 aromatic carbocycles. The molecule has 4 nitrogen and oxygen atoms in total.